The van der Waals surface area contributed by atoms with Gasteiger partial charge in [0.25, 0.3) is 11.8 Å². The lowest BCUT2D eigenvalue weighted by molar-refractivity contribution is -0.114. The van der Waals surface area contributed by atoms with Crippen LogP contribution in [0.25, 0.3) is 16.7 Å². The topological polar surface area (TPSA) is 91.2 Å². The minimum Gasteiger partial charge on any atom is -0.496 e. The van der Waals surface area contributed by atoms with Gasteiger partial charge in [-0.25, -0.2) is 0 Å². The van der Waals surface area contributed by atoms with Crippen LogP contribution in [0.3, 0.4) is 0 Å². The first-order valence-corrected chi connectivity index (χ1v) is 9.67. The fourth-order valence-corrected chi connectivity index (χ4v) is 3.48. The summed E-state index contributed by atoms with van der Waals surface area (Å²) in [6.07, 6.45) is 1.93. The van der Waals surface area contributed by atoms with Crippen LogP contribution in [0, 0.1) is 11.3 Å². The first-order chi connectivity index (χ1) is 15.1. The van der Waals surface area contributed by atoms with E-state index in [0.717, 1.165) is 22.4 Å². The molecule has 6 nitrogen and oxygen atoms in total. The molecule has 0 bridgehead atoms. The number of methoxy groups -OCH3 is 1. The van der Waals surface area contributed by atoms with Crippen LogP contribution < -0.4 is 15.4 Å². The molecular weight excluding hydrogens is 390 g/mol. The maximum Gasteiger partial charge on any atom is 0.260 e. The summed E-state index contributed by atoms with van der Waals surface area (Å²) < 4.78 is 5.45. The van der Waals surface area contributed by atoms with Crippen molar-refractivity contribution in [3.8, 4) is 22.9 Å². The standard InChI is InChI=1S/C25H19N3O3/c1-31-23-5-3-2-4-19(23)17-8-11-20-21(14-17)22(25(30)28-24(20)29)15-27-18-9-6-16(7-10-18)12-13-26/h2-11,14-15,27H,12H2,1H3,(H,28,29,30). The quantitative estimate of drug-likeness (QED) is 0.488. The first kappa shape index (κ1) is 19.9. The van der Waals surface area contributed by atoms with Gasteiger partial charge in [0.1, 0.15) is 5.75 Å². The molecule has 1 aliphatic heterocycles. The zero-order valence-electron chi connectivity index (χ0n) is 16.8. The van der Waals surface area contributed by atoms with Crippen molar-refractivity contribution in [2.24, 2.45) is 0 Å². The van der Waals surface area contributed by atoms with Crippen LogP contribution in [0.2, 0.25) is 0 Å². The summed E-state index contributed by atoms with van der Waals surface area (Å²) in [7, 11) is 1.60. The Morgan fingerprint density at radius 2 is 1.74 bits per heavy atom. The number of ether oxygens (including phenoxy) is 1. The number of nitrogens with one attached hydrogen (secondary N) is 2. The van der Waals surface area contributed by atoms with Crippen LogP contribution in [-0.2, 0) is 11.2 Å². The number of imide groups is 1. The van der Waals surface area contributed by atoms with Gasteiger partial charge >= 0.3 is 0 Å². The van der Waals surface area contributed by atoms with Crippen LogP contribution in [0.1, 0.15) is 21.5 Å². The molecule has 0 fully saturated rings. The molecule has 0 atom stereocenters. The van der Waals surface area contributed by atoms with E-state index < -0.39 is 11.8 Å². The number of hydrogen-bond donors (Lipinski definition) is 2. The highest BCUT2D eigenvalue weighted by molar-refractivity contribution is 6.31. The van der Waals surface area contributed by atoms with Crippen molar-refractivity contribution in [2.75, 3.05) is 12.4 Å². The van der Waals surface area contributed by atoms with E-state index in [1.165, 1.54) is 0 Å². The van der Waals surface area contributed by atoms with Gasteiger partial charge in [-0.15, -0.1) is 0 Å². The zero-order chi connectivity index (χ0) is 21.8. The maximum absolute atomic E-state index is 12.6. The van der Waals surface area contributed by atoms with E-state index in [2.05, 4.69) is 16.7 Å². The molecule has 0 radical (unpaired) electrons. The average molecular weight is 409 g/mol. The molecule has 6 heteroatoms. The Morgan fingerprint density at radius 3 is 2.48 bits per heavy atom. The fourth-order valence-electron chi connectivity index (χ4n) is 3.48. The number of fused-ring (bicyclic) bond motifs is 1. The van der Waals surface area contributed by atoms with Crippen LogP contribution >= 0.6 is 0 Å². The summed E-state index contributed by atoms with van der Waals surface area (Å²) in [5.41, 5.74) is 4.71. The zero-order valence-corrected chi connectivity index (χ0v) is 16.8. The van der Waals surface area contributed by atoms with Crippen molar-refractivity contribution in [3.63, 3.8) is 0 Å². The Balaban J connectivity index is 1.72. The molecule has 0 spiro atoms. The number of carbonyl (C=O) groups excluding carboxylic acids is 2. The molecular formula is C25H19N3O3. The smallest absolute Gasteiger partial charge is 0.260 e. The second-order valence-corrected chi connectivity index (χ2v) is 6.98. The Hall–Kier alpha value is -4.37. The highest BCUT2D eigenvalue weighted by Gasteiger charge is 2.27. The van der Waals surface area contributed by atoms with Gasteiger partial charge in [-0.1, -0.05) is 36.4 Å². The van der Waals surface area contributed by atoms with Gasteiger partial charge < -0.3 is 10.1 Å². The van der Waals surface area contributed by atoms with Crippen molar-refractivity contribution in [2.45, 2.75) is 6.42 Å². The average Bonchev–Trinajstić information content (AvgIpc) is 2.79. The highest BCUT2D eigenvalue weighted by Crippen LogP contribution is 2.34. The summed E-state index contributed by atoms with van der Waals surface area (Å²) >= 11 is 0. The van der Waals surface area contributed by atoms with E-state index in [0.29, 0.717) is 28.9 Å². The molecule has 152 valence electrons. The van der Waals surface area contributed by atoms with Crippen molar-refractivity contribution in [1.29, 1.82) is 5.26 Å². The number of hydrogen-bond acceptors (Lipinski definition) is 5. The first-order valence-electron chi connectivity index (χ1n) is 9.67. The lowest BCUT2D eigenvalue weighted by atomic mass is 9.91. The number of amides is 2. The third-order valence-corrected chi connectivity index (χ3v) is 5.06. The predicted molar refractivity (Wildman–Crippen MR) is 118 cm³/mol. The summed E-state index contributed by atoms with van der Waals surface area (Å²) in [4.78, 5) is 25.0. The second-order valence-electron chi connectivity index (χ2n) is 6.98. The predicted octanol–water partition coefficient (Wildman–Crippen LogP) is 4.15. The molecule has 3 aromatic rings. The SMILES string of the molecule is COc1ccccc1-c1ccc2c(c1)C(=CNc1ccc(CC#N)cc1)C(=O)NC2=O. The van der Waals surface area contributed by atoms with Crippen molar-refractivity contribution >= 4 is 23.1 Å². The van der Waals surface area contributed by atoms with E-state index in [9.17, 15) is 9.59 Å². The van der Waals surface area contributed by atoms with Crippen molar-refractivity contribution < 1.29 is 14.3 Å². The van der Waals surface area contributed by atoms with Gasteiger partial charge in [-0.3, -0.25) is 14.9 Å². The van der Waals surface area contributed by atoms with Gasteiger partial charge in [0.15, 0.2) is 0 Å². The number of carbonyl (C=O) groups is 2. The number of rotatable bonds is 5. The Labute approximate surface area is 179 Å². The van der Waals surface area contributed by atoms with Gasteiger partial charge in [0, 0.05) is 28.6 Å². The monoisotopic (exact) mass is 409 g/mol. The largest absolute Gasteiger partial charge is 0.496 e. The molecule has 0 saturated heterocycles. The molecule has 3 aromatic carbocycles. The number of para-hydroxylation sites is 1. The van der Waals surface area contributed by atoms with E-state index in [-0.39, 0.29) is 0 Å². The Morgan fingerprint density at radius 1 is 0.968 bits per heavy atom. The maximum atomic E-state index is 12.6. The Kier molecular flexibility index (Phi) is 5.50. The molecule has 0 unspecified atom stereocenters. The molecule has 0 saturated carbocycles. The van der Waals surface area contributed by atoms with Gasteiger partial charge in [0.2, 0.25) is 0 Å². The van der Waals surface area contributed by atoms with Crippen LogP contribution in [0.4, 0.5) is 5.69 Å². The summed E-state index contributed by atoms with van der Waals surface area (Å²) in [5.74, 6) is -0.192. The molecule has 1 heterocycles. The second kappa shape index (κ2) is 8.56. The highest BCUT2D eigenvalue weighted by atomic mass is 16.5. The Bertz CT molecular complexity index is 1240. The molecule has 4 rings (SSSR count). The van der Waals surface area contributed by atoms with Crippen molar-refractivity contribution in [1.82, 2.24) is 5.32 Å². The number of anilines is 1. The minimum atomic E-state index is -0.469. The third kappa shape index (κ3) is 4.02. The minimum absolute atomic E-state index is 0.338. The molecule has 1 aliphatic rings. The summed E-state index contributed by atoms with van der Waals surface area (Å²) in [6.45, 7) is 0. The normalized spacial score (nSPS) is 13.9. The lowest BCUT2D eigenvalue weighted by Gasteiger charge is -2.20. The van der Waals surface area contributed by atoms with E-state index in [1.807, 2.05) is 60.7 Å². The number of nitrogens with zero attached hydrogens (tertiary/aromatic N) is 1. The molecule has 0 aromatic heterocycles. The molecule has 31 heavy (non-hydrogen) atoms. The third-order valence-electron chi connectivity index (χ3n) is 5.06. The van der Waals surface area contributed by atoms with E-state index >= 15 is 0 Å². The van der Waals surface area contributed by atoms with Crippen LogP contribution in [-0.4, -0.2) is 18.9 Å². The molecule has 0 aliphatic carbocycles. The van der Waals surface area contributed by atoms with Crippen LogP contribution in [0.5, 0.6) is 5.75 Å². The number of nitriles is 1. The summed E-state index contributed by atoms with van der Waals surface area (Å²) in [6, 6.07) is 22.4. The lowest BCUT2D eigenvalue weighted by Crippen LogP contribution is -2.36. The van der Waals surface area contributed by atoms with Gasteiger partial charge in [0.05, 0.1) is 25.2 Å². The summed E-state index contributed by atoms with van der Waals surface area (Å²) in [5, 5.41) is 14.3. The fraction of sp³-hybridized carbons (Fsp3) is 0.0800. The van der Waals surface area contributed by atoms with Crippen molar-refractivity contribution in [3.05, 3.63) is 89.6 Å². The van der Waals surface area contributed by atoms with E-state index in [1.54, 1.807) is 19.4 Å². The molecule has 2 N–H and O–H groups in total. The number of benzene rings is 3. The molecule has 2 amide bonds. The van der Waals surface area contributed by atoms with Crippen LogP contribution in [0.15, 0.2) is 72.9 Å². The van der Waals surface area contributed by atoms with Gasteiger partial charge in [-0.2, -0.15) is 5.26 Å². The van der Waals surface area contributed by atoms with Gasteiger partial charge in [-0.05, 0) is 41.5 Å². The van der Waals surface area contributed by atoms with E-state index in [4.69, 9.17) is 10.00 Å².